The number of nitrogens with zero attached hydrogens (tertiary/aromatic N) is 3. The van der Waals surface area contributed by atoms with Crippen LogP contribution in [0.25, 0.3) is 16.2 Å². The highest BCUT2D eigenvalue weighted by atomic mass is 32.1. The fourth-order valence-corrected chi connectivity index (χ4v) is 2.87. The summed E-state index contributed by atoms with van der Waals surface area (Å²) in [5, 5.41) is 14.8. The molecule has 1 aromatic carbocycles. The van der Waals surface area contributed by atoms with Gasteiger partial charge in [-0.1, -0.05) is 41.7 Å². The lowest BCUT2D eigenvalue weighted by Crippen LogP contribution is -1.97. The molecule has 0 fully saturated rings. The number of imidazole rings is 1. The zero-order chi connectivity index (χ0) is 13.2. The molecule has 0 amide bonds. The summed E-state index contributed by atoms with van der Waals surface area (Å²) in [6, 6.07) is 9.81. The molecule has 1 N–H and O–H groups in total. The fourth-order valence-electron chi connectivity index (χ4n) is 1.98. The Morgan fingerprint density at radius 3 is 2.79 bits per heavy atom. The molecule has 0 aliphatic carbocycles. The largest absolute Gasteiger partial charge is 0.390 e. The Kier molecular flexibility index (Phi) is 3.29. The van der Waals surface area contributed by atoms with Crippen LogP contribution in [0.5, 0.6) is 0 Å². The number of ether oxygens (including phenoxy) is 1. The Labute approximate surface area is 114 Å². The maximum absolute atomic E-state index is 9.58. The maximum Gasteiger partial charge on any atom is 0.213 e. The number of aliphatic hydroxyl groups is 1. The molecule has 0 aliphatic rings. The summed E-state index contributed by atoms with van der Waals surface area (Å²) >= 11 is 1.47. The van der Waals surface area contributed by atoms with E-state index in [9.17, 15) is 5.11 Å². The molecule has 0 radical (unpaired) electrons. The average molecular weight is 275 g/mol. The number of benzene rings is 1. The van der Waals surface area contributed by atoms with E-state index in [1.165, 1.54) is 11.3 Å². The lowest BCUT2D eigenvalue weighted by molar-refractivity contribution is 0.183. The standard InChI is InChI=1S/C13H13N3O2S/c1-18-8-11-15-16-10(7-17)12(14-13(16)19-11)9-5-3-2-4-6-9/h2-6,17H,7-8H2,1H3. The van der Waals surface area contributed by atoms with Gasteiger partial charge in [0, 0.05) is 12.7 Å². The highest BCUT2D eigenvalue weighted by molar-refractivity contribution is 7.16. The molecular weight excluding hydrogens is 262 g/mol. The van der Waals surface area contributed by atoms with Gasteiger partial charge in [0.25, 0.3) is 0 Å². The van der Waals surface area contributed by atoms with Gasteiger partial charge < -0.3 is 9.84 Å². The summed E-state index contributed by atoms with van der Waals surface area (Å²) in [5.41, 5.74) is 2.48. The minimum Gasteiger partial charge on any atom is -0.390 e. The van der Waals surface area contributed by atoms with E-state index in [1.807, 2.05) is 30.3 Å². The first-order valence-corrected chi connectivity index (χ1v) is 6.67. The number of hydrogen-bond donors (Lipinski definition) is 1. The van der Waals surface area contributed by atoms with Gasteiger partial charge in [-0.3, -0.25) is 0 Å². The molecule has 0 aliphatic heterocycles. The molecule has 19 heavy (non-hydrogen) atoms. The Balaban J connectivity index is 2.13. The summed E-state index contributed by atoms with van der Waals surface area (Å²) in [5.74, 6) is 0. The number of methoxy groups -OCH3 is 1. The van der Waals surface area contributed by atoms with E-state index in [0.717, 1.165) is 21.2 Å². The molecule has 0 atom stereocenters. The Hall–Kier alpha value is -1.76. The van der Waals surface area contributed by atoms with Crippen molar-refractivity contribution in [2.75, 3.05) is 7.11 Å². The second-order valence-electron chi connectivity index (χ2n) is 4.05. The van der Waals surface area contributed by atoms with Crippen LogP contribution in [0.1, 0.15) is 10.7 Å². The van der Waals surface area contributed by atoms with Crippen molar-refractivity contribution in [1.29, 1.82) is 0 Å². The third-order valence-corrected chi connectivity index (χ3v) is 3.69. The second-order valence-corrected chi connectivity index (χ2v) is 5.09. The van der Waals surface area contributed by atoms with E-state index in [-0.39, 0.29) is 6.61 Å². The Morgan fingerprint density at radius 1 is 1.32 bits per heavy atom. The molecule has 2 aromatic heterocycles. The van der Waals surface area contributed by atoms with Gasteiger partial charge in [0.2, 0.25) is 4.96 Å². The molecule has 3 rings (SSSR count). The smallest absolute Gasteiger partial charge is 0.213 e. The molecule has 0 unspecified atom stereocenters. The van der Waals surface area contributed by atoms with Crippen molar-refractivity contribution in [3.05, 3.63) is 41.0 Å². The van der Waals surface area contributed by atoms with Crippen molar-refractivity contribution in [1.82, 2.24) is 14.6 Å². The molecule has 98 valence electrons. The van der Waals surface area contributed by atoms with Gasteiger partial charge in [-0.25, -0.2) is 9.50 Å². The van der Waals surface area contributed by atoms with Crippen LogP contribution in [0.15, 0.2) is 30.3 Å². The highest BCUT2D eigenvalue weighted by Gasteiger charge is 2.16. The molecule has 0 spiro atoms. The van der Waals surface area contributed by atoms with E-state index >= 15 is 0 Å². The van der Waals surface area contributed by atoms with Gasteiger partial charge in [0.15, 0.2) is 0 Å². The number of aliphatic hydroxyl groups excluding tert-OH is 1. The van der Waals surface area contributed by atoms with Crippen LogP contribution >= 0.6 is 11.3 Å². The second kappa shape index (κ2) is 5.08. The van der Waals surface area contributed by atoms with Crippen LogP contribution in [0.4, 0.5) is 0 Å². The van der Waals surface area contributed by atoms with Crippen LogP contribution in [0.3, 0.4) is 0 Å². The molecule has 0 saturated carbocycles. The van der Waals surface area contributed by atoms with Crippen molar-refractivity contribution in [3.8, 4) is 11.3 Å². The predicted octanol–water partition coefficient (Wildman–Crippen LogP) is 2.10. The zero-order valence-electron chi connectivity index (χ0n) is 10.4. The molecule has 0 saturated heterocycles. The first-order valence-electron chi connectivity index (χ1n) is 5.86. The van der Waals surface area contributed by atoms with Gasteiger partial charge in [-0.05, 0) is 0 Å². The van der Waals surface area contributed by atoms with E-state index in [2.05, 4.69) is 10.1 Å². The predicted molar refractivity (Wildman–Crippen MR) is 72.9 cm³/mol. The monoisotopic (exact) mass is 275 g/mol. The van der Waals surface area contributed by atoms with Gasteiger partial charge in [0.05, 0.1) is 24.6 Å². The summed E-state index contributed by atoms with van der Waals surface area (Å²) in [6.45, 7) is 0.362. The van der Waals surface area contributed by atoms with Crippen molar-refractivity contribution in [2.24, 2.45) is 0 Å². The molecule has 5 nitrogen and oxygen atoms in total. The van der Waals surface area contributed by atoms with Crippen molar-refractivity contribution in [2.45, 2.75) is 13.2 Å². The average Bonchev–Trinajstić information content (AvgIpc) is 2.96. The van der Waals surface area contributed by atoms with Crippen LogP contribution in [0, 0.1) is 0 Å². The molecule has 0 bridgehead atoms. The third kappa shape index (κ3) is 2.14. The number of aromatic nitrogens is 3. The van der Waals surface area contributed by atoms with E-state index in [4.69, 9.17) is 4.74 Å². The van der Waals surface area contributed by atoms with Crippen molar-refractivity contribution >= 4 is 16.3 Å². The van der Waals surface area contributed by atoms with E-state index in [1.54, 1.807) is 11.6 Å². The third-order valence-electron chi connectivity index (χ3n) is 2.80. The normalized spacial score (nSPS) is 11.3. The van der Waals surface area contributed by atoms with Gasteiger partial charge in [0.1, 0.15) is 5.01 Å². The Bertz CT molecular complexity index is 691. The lowest BCUT2D eigenvalue weighted by Gasteiger charge is -2.00. The summed E-state index contributed by atoms with van der Waals surface area (Å²) in [4.78, 5) is 5.33. The minimum atomic E-state index is -0.0957. The number of fused-ring (bicyclic) bond motifs is 1. The lowest BCUT2D eigenvalue weighted by atomic mass is 10.1. The fraction of sp³-hybridized carbons (Fsp3) is 0.231. The van der Waals surface area contributed by atoms with Crippen LogP contribution in [-0.2, 0) is 18.0 Å². The SMILES string of the molecule is COCc1nn2c(CO)c(-c3ccccc3)nc2s1. The zero-order valence-corrected chi connectivity index (χ0v) is 11.2. The van der Waals surface area contributed by atoms with Crippen molar-refractivity contribution in [3.63, 3.8) is 0 Å². The first kappa shape index (κ1) is 12.3. The summed E-state index contributed by atoms with van der Waals surface area (Å²) in [7, 11) is 1.63. The Morgan fingerprint density at radius 2 is 2.11 bits per heavy atom. The maximum atomic E-state index is 9.58. The number of hydrogen-bond acceptors (Lipinski definition) is 5. The topological polar surface area (TPSA) is 59.7 Å². The van der Waals surface area contributed by atoms with Crippen LogP contribution < -0.4 is 0 Å². The molecule has 6 heteroatoms. The first-order chi connectivity index (χ1) is 9.33. The summed E-state index contributed by atoms with van der Waals surface area (Å²) < 4.78 is 6.76. The highest BCUT2D eigenvalue weighted by Crippen LogP contribution is 2.27. The van der Waals surface area contributed by atoms with E-state index < -0.39 is 0 Å². The van der Waals surface area contributed by atoms with Crippen molar-refractivity contribution < 1.29 is 9.84 Å². The summed E-state index contributed by atoms with van der Waals surface area (Å²) in [6.07, 6.45) is 0. The van der Waals surface area contributed by atoms with Crippen LogP contribution in [0.2, 0.25) is 0 Å². The molecule has 3 aromatic rings. The molecule has 2 heterocycles. The van der Waals surface area contributed by atoms with Gasteiger partial charge >= 0.3 is 0 Å². The van der Waals surface area contributed by atoms with Crippen LogP contribution in [-0.4, -0.2) is 26.8 Å². The quantitative estimate of drug-likeness (QED) is 0.792. The van der Waals surface area contributed by atoms with Gasteiger partial charge in [-0.15, -0.1) is 0 Å². The number of rotatable bonds is 4. The van der Waals surface area contributed by atoms with E-state index in [0.29, 0.717) is 12.3 Å². The minimum absolute atomic E-state index is 0.0957. The van der Waals surface area contributed by atoms with Gasteiger partial charge in [-0.2, -0.15) is 5.10 Å². The molecular formula is C13H13N3O2S.